The van der Waals surface area contributed by atoms with Crippen LogP contribution in [0.1, 0.15) is 126 Å². The predicted octanol–water partition coefficient (Wildman–Crippen LogP) is 15.4. The number of benzene rings is 5. The van der Waals surface area contributed by atoms with Crippen LogP contribution >= 0.6 is 34.8 Å². The van der Waals surface area contributed by atoms with Crippen molar-refractivity contribution in [1.82, 2.24) is 44.4 Å². The highest BCUT2D eigenvalue weighted by Gasteiger charge is 2.36. The van der Waals surface area contributed by atoms with Gasteiger partial charge in [0.05, 0.1) is 29.8 Å². The van der Waals surface area contributed by atoms with E-state index in [4.69, 9.17) is 59.5 Å². The Bertz CT molecular complexity index is 3970. The summed E-state index contributed by atoms with van der Waals surface area (Å²) in [7, 11) is 0. The zero-order valence-electron chi connectivity index (χ0n) is 61.2. The number of allylic oxidation sites excluding steroid dienone is 1. The predicted molar refractivity (Wildman–Crippen MR) is 437 cm³/mol. The summed E-state index contributed by atoms with van der Waals surface area (Å²) in [5.74, 6) is 3.58. The average molecular weight is 1490 g/mol. The molecule has 2 N–H and O–H groups in total. The van der Waals surface area contributed by atoms with Gasteiger partial charge in [-0.2, -0.15) is 9.97 Å². The Morgan fingerprint density at radius 1 is 0.524 bits per heavy atom. The Morgan fingerprint density at radius 3 is 1.30 bits per heavy atom. The van der Waals surface area contributed by atoms with Crippen LogP contribution in [-0.2, 0) is 46.9 Å². The first kappa shape index (κ1) is 81.3. The summed E-state index contributed by atoms with van der Waals surface area (Å²) in [5.41, 5.74) is 10.8. The number of nitrogens with one attached hydrogen (secondary N) is 2. The van der Waals surface area contributed by atoms with Crippen LogP contribution in [-0.4, -0.2) is 202 Å². The van der Waals surface area contributed by atoms with Crippen LogP contribution in [0.2, 0.25) is 0 Å². The molecule has 15 rings (SSSR count). The van der Waals surface area contributed by atoms with Crippen LogP contribution in [0.3, 0.4) is 0 Å². The summed E-state index contributed by atoms with van der Waals surface area (Å²) in [5, 5.41) is 12.3. The van der Waals surface area contributed by atoms with Crippen molar-refractivity contribution in [3.8, 4) is 0 Å². The molecule has 4 saturated heterocycles. The monoisotopic (exact) mass is 1490 g/mol. The zero-order chi connectivity index (χ0) is 72.4. The number of fused-ring (bicyclic) bond motifs is 4. The van der Waals surface area contributed by atoms with Gasteiger partial charge in [0.25, 0.3) is 0 Å². The molecule has 0 radical (unpaired) electrons. The fourth-order valence-corrected chi connectivity index (χ4v) is 15.2. The van der Waals surface area contributed by atoms with Crippen molar-refractivity contribution in [3.05, 3.63) is 168 Å². The molecule has 0 atom stereocenters. The van der Waals surface area contributed by atoms with Crippen LogP contribution in [0.4, 0.5) is 39.7 Å². The minimum absolute atomic E-state index is 0. The number of nitrogens with zero attached hydrogens (tertiary/aromatic N) is 13. The second-order valence-corrected chi connectivity index (χ2v) is 29.3. The molecule has 7 aromatic rings. The van der Waals surface area contributed by atoms with Crippen molar-refractivity contribution < 1.29 is 19.1 Å². The van der Waals surface area contributed by atoms with Gasteiger partial charge < -0.3 is 59.5 Å². The number of carbonyl (C=O) groups is 3. The lowest BCUT2D eigenvalue weighted by atomic mass is 10.0. The lowest BCUT2D eigenvalue weighted by molar-refractivity contribution is -0.126. The van der Waals surface area contributed by atoms with Crippen molar-refractivity contribution in [1.29, 1.82) is 0 Å². The third-order valence-electron chi connectivity index (χ3n) is 21.2. The number of hydrogen-bond donors (Lipinski definition) is 2. The van der Waals surface area contributed by atoms with Crippen molar-refractivity contribution in [2.45, 2.75) is 158 Å². The van der Waals surface area contributed by atoms with Crippen LogP contribution < -0.4 is 30.2 Å². The van der Waals surface area contributed by atoms with E-state index in [2.05, 4.69) is 166 Å². The maximum Gasteiger partial charge on any atom is 0.410 e. The van der Waals surface area contributed by atoms with E-state index in [1.165, 1.54) is 107 Å². The summed E-state index contributed by atoms with van der Waals surface area (Å²) in [6.07, 6.45) is 14.0. The quantitative estimate of drug-likeness (QED) is 0.0502. The number of aryl methyl sites for hydroxylation is 2. The van der Waals surface area contributed by atoms with Crippen LogP contribution in [0.25, 0.3) is 21.5 Å². The van der Waals surface area contributed by atoms with Crippen molar-refractivity contribution in [2.75, 3.05) is 147 Å². The molecule has 19 nitrogen and oxygen atoms in total. The minimum Gasteiger partial charge on any atom is -0.445 e. The van der Waals surface area contributed by atoms with Gasteiger partial charge in [-0.25, -0.2) is 14.8 Å². The molecule has 22 heteroatoms. The standard InChI is InChI=1S/C38H45N7O2.C33H41N7O.C6H15N.C3H3ClO.CH2Cl2.2CH4/c1-27-23-29-9-5-6-10-32(29)35(24-27)45-18-15-33-34(25-45)40-37(39-30-13-16-42(17-14-30)31-11-12-31)41-36(33)43-19-21-44(22-20-43)38(46)47-26-28-7-3-2-4-8-28;1-3-31(41)38-16-18-39(19-17-38)32-28-12-15-40(30-21-23(2)20-24-6-4-5-7-27(24)30)22-29(28)35-33(36-32)34-25-10-13-37(14-11-25)26-8-9-26;1-4-7(5-2)6-3;1-2-3(4)5;2-1-3;;/h2-10,23-24,30-31H,11-22,25-26H2,1H3,(H,39,40,41);3-7,20-21,25-26H,1,8-19,22H2,2H3,(H,34,35,36);4-6H2,1-3H3;2H,1H2;1H2;2*1H4. The van der Waals surface area contributed by atoms with Crippen LogP contribution in [0.5, 0.6) is 0 Å². The molecular weight excluding hydrogens is 1380 g/mol. The molecule has 0 unspecified atom stereocenters. The van der Waals surface area contributed by atoms with E-state index in [9.17, 15) is 14.4 Å². The van der Waals surface area contributed by atoms with E-state index >= 15 is 0 Å². The largest absolute Gasteiger partial charge is 0.445 e. The summed E-state index contributed by atoms with van der Waals surface area (Å²) in [6.45, 7) is 35.1. The van der Waals surface area contributed by atoms with E-state index in [-0.39, 0.29) is 32.2 Å². The molecule has 2 aliphatic carbocycles. The number of anilines is 6. The molecule has 5 aromatic carbocycles. The number of halogens is 3. The Morgan fingerprint density at radius 2 is 0.924 bits per heavy atom. The third kappa shape index (κ3) is 22.0. The number of piperidine rings is 2. The van der Waals surface area contributed by atoms with Gasteiger partial charge in [-0.1, -0.05) is 140 Å². The van der Waals surface area contributed by atoms with Gasteiger partial charge in [-0.15, -0.1) is 23.2 Å². The smallest absolute Gasteiger partial charge is 0.410 e. The van der Waals surface area contributed by atoms with E-state index in [1.807, 2.05) is 40.1 Å². The SMILES string of the molecule is C.C.C=CC(=O)Cl.C=CC(=O)N1CCN(c2nc(NC3CCN(C4CC4)CC3)nc3c2CCN(c2cc(C)cc4ccccc24)C3)CC1.CCN(CC)CC.Cc1cc(N2CCc3c(nc(NC4CCN(C5CC5)CC4)nc3N3CCN(C(=O)OCc4ccccc4)CC3)C2)c2ccccc2c1.ClCCl. The molecule has 2 aromatic heterocycles. The molecule has 8 aliphatic rings. The summed E-state index contributed by atoms with van der Waals surface area (Å²) in [4.78, 5) is 76.5. The lowest BCUT2D eigenvalue weighted by Gasteiger charge is -2.38. The van der Waals surface area contributed by atoms with Gasteiger partial charge in [0.2, 0.25) is 23.0 Å². The Hall–Kier alpha value is -7.78. The van der Waals surface area contributed by atoms with Crippen LogP contribution in [0, 0.1) is 13.8 Å². The number of amides is 2. The average Bonchev–Trinajstić information content (AvgIpc) is 1.71. The van der Waals surface area contributed by atoms with E-state index in [0.717, 1.165) is 176 Å². The molecule has 6 fully saturated rings. The molecule has 2 saturated carbocycles. The van der Waals surface area contributed by atoms with Gasteiger partial charge in [0.15, 0.2) is 0 Å². The van der Waals surface area contributed by atoms with Gasteiger partial charge >= 0.3 is 6.09 Å². The second-order valence-electron chi connectivity index (χ2n) is 28.1. The lowest BCUT2D eigenvalue weighted by Crippen LogP contribution is -2.49. The van der Waals surface area contributed by atoms with Crippen molar-refractivity contribution >= 4 is 108 Å². The number of rotatable bonds is 17. The number of ether oxygens (including phenoxy) is 1. The molecule has 0 bridgehead atoms. The number of aromatic nitrogens is 4. The maximum absolute atomic E-state index is 12.9. The van der Waals surface area contributed by atoms with Crippen LogP contribution in [0.15, 0.2) is 128 Å². The first-order valence-electron chi connectivity index (χ1n) is 37.5. The van der Waals surface area contributed by atoms with Crippen molar-refractivity contribution in [2.24, 2.45) is 0 Å². The number of hydrogen-bond acceptors (Lipinski definition) is 17. The first-order chi connectivity index (χ1) is 50.2. The highest BCUT2D eigenvalue weighted by Crippen LogP contribution is 2.39. The highest BCUT2D eigenvalue weighted by molar-refractivity contribution is 6.66. The molecule has 6 aliphatic heterocycles. The normalized spacial score (nSPS) is 17.6. The maximum atomic E-state index is 12.9. The number of likely N-dealkylation sites (tertiary alicyclic amines) is 2. The topological polar surface area (TPSA) is 165 Å². The molecule has 566 valence electrons. The summed E-state index contributed by atoms with van der Waals surface area (Å²) < 4.78 is 5.65. The van der Waals surface area contributed by atoms with Crippen molar-refractivity contribution in [3.63, 3.8) is 0 Å². The fraction of sp³-hybridized carbons (Fsp3) is 0.506. The Balaban J connectivity index is 0.000000202. The van der Waals surface area contributed by atoms with Gasteiger partial charge in [0.1, 0.15) is 18.2 Å². The van der Waals surface area contributed by atoms with E-state index in [0.29, 0.717) is 44.9 Å². The third-order valence-corrected chi connectivity index (χ3v) is 21.4. The number of alkyl halides is 2. The summed E-state index contributed by atoms with van der Waals surface area (Å²) in [6, 6.07) is 38.8. The van der Waals surface area contributed by atoms with Gasteiger partial charge in [-0.3, -0.25) is 9.59 Å². The highest BCUT2D eigenvalue weighted by atomic mass is 35.5. The van der Waals surface area contributed by atoms with E-state index < -0.39 is 5.24 Å². The Kier molecular flexibility index (Phi) is 30.7. The second kappa shape index (κ2) is 39.7. The molecule has 0 spiro atoms. The van der Waals surface area contributed by atoms with Gasteiger partial charge in [-0.05, 0) is 161 Å². The first-order valence-corrected chi connectivity index (χ1v) is 38.9. The molecule has 105 heavy (non-hydrogen) atoms. The molecule has 2 amide bonds. The molecule has 8 heterocycles. The fourth-order valence-electron chi connectivity index (χ4n) is 15.2. The minimum atomic E-state index is -0.509. The van der Waals surface area contributed by atoms with Gasteiger partial charge in [0, 0.05) is 149 Å². The van der Waals surface area contributed by atoms with E-state index in [1.54, 1.807) is 0 Å². The Labute approximate surface area is 640 Å². The number of piperazine rings is 2. The number of carbonyl (C=O) groups excluding carboxylic acids is 3. The molecular formula is C83H114Cl3N15O4. The summed E-state index contributed by atoms with van der Waals surface area (Å²) >= 11 is 14.2. The zero-order valence-corrected chi connectivity index (χ0v) is 63.5.